The molecule has 152 valence electrons. The van der Waals surface area contributed by atoms with Gasteiger partial charge in [0.15, 0.2) is 0 Å². The number of carbonyl (C=O) groups is 1. The number of pyridine rings is 2. The van der Waals surface area contributed by atoms with Gasteiger partial charge < -0.3 is 5.11 Å². The largest absolute Gasteiger partial charge is 0.390 e. The maximum absolute atomic E-state index is 12.7. The van der Waals surface area contributed by atoms with Crippen LogP contribution in [-0.4, -0.2) is 30.6 Å². The lowest BCUT2D eigenvalue weighted by atomic mass is 9.94. The zero-order chi connectivity index (χ0) is 21.1. The number of aliphatic hydroxyl groups is 1. The maximum Gasteiger partial charge on any atom is 0.139 e. The second-order valence-electron chi connectivity index (χ2n) is 7.60. The van der Waals surface area contributed by atoms with E-state index in [2.05, 4.69) is 22.0 Å². The van der Waals surface area contributed by atoms with Crippen molar-refractivity contribution in [1.82, 2.24) is 19.7 Å². The lowest BCUT2D eigenvalue weighted by Crippen LogP contribution is -2.10. The molecule has 1 aromatic carbocycles. The summed E-state index contributed by atoms with van der Waals surface area (Å²) in [5.41, 5.74) is 4.80. The van der Waals surface area contributed by atoms with Crippen LogP contribution >= 0.6 is 0 Å². The normalized spacial score (nSPS) is 12.2. The van der Waals surface area contributed by atoms with E-state index >= 15 is 0 Å². The summed E-state index contributed by atoms with van der Waals surface area (Å²) in [6.45, 7) is 3.75. The lowest BCUT2D eigenvalue weighted by molar-refractivity contribution is -0.118. The number of carbonyl (C=O) groups excluding carboxylic acids is 1. The number of hydrogen-bond acceptors (Lipinski definition) is 5. The number of rotatable bonds is 7. The van der Waals surface area contributed by atoms with Crippen molar-refractivity contribution in [3.63, 3.8) is 0 Å². The van der Waals surface area contributed by atoms with Crippen LogP contribution in [0.4, 0.5) is 0 Å². The highest BCUT2D eigenvalue weighted by Crippen LogP contribution is 2.24. The van der Waals surface area contributed by atoms with Gasteiger partial charge in [-0.15, -0.1) is 0 Å². The zero-order valence-electron chi connectivity index (χ0n) is 17.1. The number of nitrogens with zero attached hydrogens (tertiary/aromatic N) is 4. The van der Waals surface area contributed by atoms with Crippen molar-refractivity contribution in [3.8, 4) is 5.69 Å². The first kappa shape index (κ1) is 19.9. The summed E-state index contributed by atoms with van der Waals surface area (Å²) < 4.78 is 1.76. The molecule has 30 heavy (non-hydrogen) atoms. The molecule has 0 bridgehead atoms. The summed E-state index contributed by atoms with van der Waals surface area (Å²) in [4.78, 5) is 21.5. The van der Waals surface area contributed by atoms with Gasteiger partial charge in [0.2, 0.25) is 0 Å². The first-order valence-electron chi connectivity index (χ1n) is 10.0. The van der Waals surface area contributed by atoms with Crippen LogP contribution in [0.3, 0.4) is 0 Å². The number of Topliss-reactive ketones (excluding diaryl/α,β-unsaturated/α-hetero) is 1. The van der Waals surface area contributed by atoms with Crippen LogP contribution < -0.4 is 0 Å². The number of fused-ring (bicyclic) bond motifs is 1. The number of benzene rings is 1. The quantitative estimate of drug-likeness (QED) is 0.508. The van der Waals surface area contributed by atoms with E-state index in [1.54, 1.807) is 17.1 Å². The molecule has 1 atom stereocenters. The van der Waals surface area contributed by atoms with Crippen LogP contribution in [0.2, 0.25) is 0 Å². The molecule has 6 heteroatoms. The monoisotopic (exact) mass is 400 g/mol. The SMILES string of the molecule is Cc1cc(-n2ncc3cc(CC(=O)C[C@H](C)c4ccccc4)nc(CO)c32)ccn1. The topological polar surface area (TPSA) is 80.9 Å². The predicted molar refractivity (Wildman–Crippen MR) is 116 cm³/mol. The number of hydrogen-bond donors (Lipinski definition) is 1. The molecule has 0 spiro atoms. The highest BCUT2D eigenvalue weighted by molar-refractivity contribution is 5.85. The zero-order valence-corrected chi connectivity index (χ0v) is 17.1. The van der Waals surface area contributed by atoms with Gasteiger partial charge in [0.25, 0.3) is 0 Å². The third-order valence-electron chi connectivity index (χ3n) is 5.23. The van der Waals surface area contributed by atoms with Gasteiger partial charge in [-0.25, -0.2) is 4.68 Å². The molecule has 0 radical (unpaired) electrons. The Morgan fingerprint density at radius 2 is 1.97 bits per heavy atom. The average molecular weight is 400 g/mol. The van der Waals surface area contributed by atoms with E-state index < -0.39 is 0 Å². The molecule has 0 unspecified atom stereocenters. The second-order valence-corrected chi connectivity index (χ2v) is 7.60. The maximum atomic E-state index is 12.7. The van der Waals surface area contributed by atoms with Crippen molar-refractivity contribution >= 4 is 16.7 Å². The third-order valence-corrected chi connectivity index (χ3v) is 5.23. The fourth-order valence-corrected chi connectivity index (χ4v) is 3.77. The Hall–Kier alpha value is -3.38. The Bertz CT molecular complexity index is 1180. The molecule has 6 nitrogen and oxygen atoms in total. The van der Waals surface area contributed by atoms with Gasteiger partial charge in [-0.3, -0.25) is 14.8 Å². The summed E-state index contributed by atoms with van der Waals surface area (Å²) in [6, 6.07) is 15.7. The van der Waals surface area contributed by atoms with Crippen molar-refractivity contribution in [2.24, 2.45) is 0 Å². The number of aryl methyl sites for hydroxylation is 1. The Labute approximate surface area is 175 Å². The number of ketones is 1. The van der Waals surface area contributed by atoms with E-state index in [1.807, 2.05) is 55.5 Å². The molecule has 3 aromatic heterocycles. The molecule has 4 rings (SSSR count). The van der Waals surface area contributed by atoms with Gasteiger partial charge in [0.1, 0.15) is 5.78 Å². The lowest BCUT2D eigenvalue weighted by Gasteiger charge is -2.12. The third kappa shape index (κ3) is 4.14. The second kappa shape index (κ2) is 8.55. The minimum Gasteiger partial charge on any atom is -0.390 e. The molecule has 0 saturated heterocycles. The minimum atomic E-state index is -0.227. The highest BCUT2D eigenvalue weighted by atomic mass is 16.3. The first-order valence-corrected chi connectivity index (χ1v) is 10.0. The van der Waals surface area contributed by atoms with Crippen molar-refractivity contribution < 1.29 is 9.90 Å². The van der Waals surface area contributed by atoms with Crippen LogP contribution in [-0.2, 0) is 17.8 Å². The fourth-order valence-electron chi connectivity index (χ4n) is 3.77. The van der Waals surface area contributed by atoms with E-state index in [9.17, 15) is 9.90 Å². The fraction of sp³-hybridized carbons (Fsp3) is 0.250. The number of aromatic nitrogens is 4. The van der Waals surface area contributed by atoms with E-state index in [0.29, 0.717) is 17.8 Å². The van der Waals surface area contributed by atoms with E-state index in [-0.39, 0.29) is 24.7 Å². The summed E-state index contributed by atoms with van der Waals surface area (Å²) in [6.07, 6.45) is 4.16. The Morgan fingerprint density at radius 3 is 2.70 bits per heavy atom. The van der Waals surface area contributed by atoms with Gasteiger partial charge in [-0.1, -0.05) is 37.3 Å². The standard InChI is InChI=1S/C24H24N4O2/c1-16(18-6-4-3-5-7-18)10-22(30)13-20-12-19-14-26-28(24(19)23(15-29)27-20)21-8-9-25-17(2)11-21/h3-9,11-12,14,16,29H,10,13,15H2,1-2H3/t16-/m0/s1. The Balaban J connectivity index is 1.59. The van der Waals surface area contributed by atoms with E-state index in [0.717, 1.165) is 27.8 Å². The summed E-state index contributed by atoms with van der Waals surface area (Å²) >= 11 is 0. The van der Waals surface area contributed by atoms with Crippen molar-refractivity contribution in [2.75, 3.05) is 0 Å². The number of aliphatic hydroxyl groups excluding tert-OH is 1. The molecule has 0 aliphatic carbocycles. The molecule has 0 saturated carbocycles. The Morgan fingerprint density at radius 1 is 1.17 bits per heavy atom. The summed E-state index contributed by atoms with van der Waals surface area (Å²) in [5.74, 6) is 0.275. The van der Waals surface area contributed by atoms with Gasteiger partial charge in [0.05, 0.1) is 29.7 Å². The highest BCUT2D eigenvalue weighted by Gasteiger charge is 2.16. The van der Waals surface area contributed by atoms with Crippen molar-refractivity contribution in [2.45, 2.75) is 39.2 Å². The molecule has 0 aliphatic rings. The van der Waals surface area contributed by atoms with Gasteiger partial charge in [-0.2, -0.15) is 5.10 Å². The van der Waals surface area contributed by atoms with Gasteiger partial charge in [-0.05, 0) is 36.6 Å². The molecule has 0 aliphatic heterocycles. The smallest absolute Gasteiger partial charge is 0.139 e. The van der Waals surface area contributed by atoms with E-state index in [1.165, 1.54) is 0 Å². The molecule has 0 fully saturated rings. The molecule has 0 amide bonds. The van der Waals surface area contributed by atoms with Crippen molar-refractivity contribution in [3.05, 3.63) is 83.6 Å². The van der Waals surface area contributed by atoms with Crippen LogP contribution in [0.15, 0.2) is 60.9 Å². The summed E-state index contributed by atoms with van der Waals surface area (Å²) in [7, 11) is 0. The minimum absolute atomic E-state index is 0.124. The molecular formula is C24H24N4O2. The molecule has 3 heterocycles. The van der Waals surface area contributed by atoms with Crippen molar-refractivity contribution in [1.29, 1.82) is 0 Å². The molecular weight excluding hydrogens is 376 g/mol. The van der Waals surface area contributed by atoms with Crippen LogP contribution in [0.1, 0.15) is 41.9 Å². The molecule has 1 N–H and O–H groups in total. The first-order chi connectivity index (χ1) is 14.5. The van der Waals surface area contributed by atoms with E-state index in [4.69, 9.17) is 0 Å². The average Bonchev–Trinajstić information content (AvgIpc) is 3.17. The van der Waals surface area contributed by atoms with Crippen LogP contribution in [0.25, 0.3) is 16.6 Å². The molecule has 4 aromatic rings. The van der Waals surface area contributed by atoms with Gasteiger partial charge in [0, 0.05) is 35.8 Å². The summed E-state index contributed by atoms with van der Waals surface area (Å²) in [5, 5.41) is 15.3. The van der Waals surface area contributed by atoms with Gasteiger partial charge >= 0.3 is 0 Å². The van der Waals surface area contributed by atoms with Crippen LogP contribution in [0.5, 0.6) is 0 Å². The van der Waals surface area contributed by atoms with Crippen LogP contribution in [0, 0.1) is 6.92 Å². The predicted octanol–water partition coefficient (Wildman–Crippen LogP) is 3.92. The Kier molecular flexibility index (Phi) is 5.68.